The molecule has 0 atom stereocenters. The second-order valence-electron chi connectivity index (χ2n) is 5.93. The molecule has 2 aromatic carbocycles. The Labute approximate surface area is 146 Å². The second kappa shape index (κ2) is 6.94. The summed E-state index contributed by atoms with van der Waals surface area (Å²) in [5.41, 5.74) is 1.93. The minimum atomic E-state index is -0.250. The van der Waals surface area contributed by atoms with Crippen molar-refractivity contribution in [1.29, 1.82) is 0 Å². The summed E-state index contributed by atoms with van der Waals surface area (Å²) >= 11 is 0. The van der Waals surface area contributed by atoms with Crippen LogP contribution >= 0.6 is 0 Å². The van der Waals surface area contributed by atoms with Gasteiger partial charge in [-0.2, -0.15) is 0 Å². The molecule has 2 aromatic rings. The Morgan fingerprint density at radius 1 is 0.920 bits per heavy atom. The number of hydrogen-bond acceptors (Lipinski definition) is 5. The monoisotopic (exact) mass is 340 g/mol. The predicted molar refractivity (Wildman–Crippen MR) is 92.8 cm³/mol. The predicted octanol–water partition coefficient (Wildman–Crippen LogP) is 2.39. The first-order valence-electron chi connectivity index (χ1n) is 7.90. The molecule has 0 saturated carbocycles. The molecular formula is C19H20N2O4. The van der Waals surface area contributed by atoms with E-state index >= 15 is 0 Å². The molecule has 3 rings (SSSR count). The van der Waals surface area contributed by atoms with Gasteiger partial charge in [-0.3, -0.25) is 19.4 Å². The Bertz CT molecular complexity index is 784. The van der Waals surface area contributed by atoms with Crippen molar-refractivity contribution < 1.29 is 19.1 Å². The third-order valence-corrected chi connectivity index (χ3v) is 4.16. The molecule has 0 aliphatic carbocycles. The van der Waals surface area contributed by atoms with E-state index < -0.39 is 0 Å². The third-order valence-electron chi connectivity index (χ3n) is 4.16. The van der Waals surface area contributed by atoms with Crippen LogP contribution in [0.25, 0.3) is 0 Å². The number of carbonyl (C=O) groups is 2. The van der Waals surface area contributed by atoms with Crippen molar-refractivity contribution in [3.63, 3.8) is 0 Å². The molecule has 130 valence electrons. The molecule has 2 amide bonds. The van der Waals surface area contributed by atoms with Crippen LogP contribution in [0.1, 0.15) is 26.3 Å². The molecule has 0 spiro atoms. The zero-order valence-corrected chi connectivity index (χ0v) is 14.5. The van der Waals surface area contributed by atoms with Gasteiger partial charge in [-0.1, -0.05) is 18.2 Å². The lowest BCUT2D eigenvalue weighted by atomic mass is 10.1. The minimum absolute atomic E-state index is 0.223. The van der Waals surface area contributed by atoms with E-state index in [9.17, 15) is 9.59 Å². The number of nitrogens with zero attached hydrogens (tertiary/aromatic N) is 2. The molecule has 0 N–H and O–H groups in total. The molecule has 1 heterocycles. The standard InChI is InChI=1S/C19H20N2O4/c1-20(11-13-8-9-16(24-2)17(10-13)25-3)12-21-18(22)14-6-4-5-7-15(14)19(21)23/h4-10H,11-12H2,1-3H3. The van der Waals surface area contributed by atoms with Gasteiger partial charge in [0.15, 0.2) is 11.5 Å². The van der Waals surface area contributed by atoms with Gasteiger partial charge in [0, 0.05) is 6.54 Å². The number of benzene rings is 2. The van der Waals surface area contributed by atoms with Crippen molar-refractivity contribution in [2.24, 2.45) is 0 Å². The largest absolute Gasteiger partial charge is 0.493 e. The van der Waals surface area contributed by atoms with Crippen LogP contribution in [-0.4, -0.2) is 49.6 Å². The summed E-state index contributed by atoms with van der Waals surface area (Å²) in [7, 11) is 5.04. The van der Waals surface area contributed by atoms with Gasteiger partial charge in [-0.15, -0.1) is 0 Å². The molecule has 0 saturated heterocycles. The number of imide groups is 1. The Balaban J connectivity index is 1.71. The van der Waals surface area contributed by atoms with Crippen molar-refractivity contribution in [3.8, 4) is 11.5 Å². The van der Waals surface area contributed by atoms with Crippen LogP contribution in [0.5, 0.6) is 11.5 Å². The van der Waals surface area contributed by atoms with E-state index in [2.05, 4.69) is 0 Å². The summed E-state index contributed by atoms with van der Waals surface area (Å²) in [6.07, 6.45) is 0. The lowest BCUT2D eigenvalue weighted by Gasteiger charge is -2.23. The molecule has 0 radical (unpaired) electrons. The van der Waals surface area contributed by atoms with E-state index in [-0.39, 0.29) is 18.5 Å². The van der Waals surface area contributed by atoms with Crippen LogP contribution < -0.4 is 9.47 Å². The minimum Gasteiger partial charge on any atom is -0.493 e. The van der Waals surface area contributed by atoms with Crippen molar-refractivity contribution in [1.82, 2.24) is 9.80 Å². The summed E-state index contributed by atoms with van der Waals surface area (Å²) < 4.78 is 10.5. The van der Waals surface area contributed by atoms with Gasteiger partial charge >= 0.3 is 0 Å². The fourth-order valence-corrected chi connectivity index (χ4v) is 2.95. The van der Waals surface area contributed by atoms with Gasteiger partial charge < -0.3 is 9.47 Å². The first-order chi connectivity index (χ1) is 12.0. The number of carbonyl (C=O) groups excluding carboxylic acids is 2. The molecule has 1 aliphatic heterocycles. The lowest BCUT2D eigenvalue weighted by Crippen LogP contribution is -2.39. The Kier molecular flexibility index (Phi) is 4.72. The Hall–Kier alpha value is -2.86. The molecule has 0 aromatic heterocycles. The van der Waals surface area contributed by atoms with E-state index in [1.807, 2.05) is 30.1 Å². The molecular weight excluding hydrogens is 320 g/mol. The maximum atomic E-state index is 12.4. The molecule has 6 nitrogen and oxygen atoms in total. The molecule has 6 heteroatoms. The molecule has 0 bridgehead atoms. The topological polar surface area (TPSA) is 59.1 Å². The van der Waals surface area contributed by atoms with Crippen molar-refractivity contribution in [2.75, 3.05) is 27.9 Å². The average molecular weight is 340 g/mol. The molecule has 0 fully saturated rings. The van der Waals surface area contributed by atoms with Crippen molar-refractivity contribution in [2.45, 2.75) is 6.54 Å². The van der Waals surface area contributed by atoms with Crippen LogP contribution in [0.3, 0.4) is 0 Å². The third kappa shape index (κ3) is 3.21. The fraction of sp³-hybridized carbons (Fsp3) is 0.263. The normalized spacial score (nSPS) is 13.4. The van der Waals surface area contributed by atoms with Crippen LogP contribution in [0, 0.1) is 0 Å². The molecule has 1 aliphatic rings. The van der Waals surface area contributed by atoms with Crippen molar-refractivity contribution in [3.05, 3.63) is 59.2 Å². The summed E-state index contributed by atoms with van der Waals surface area (Å²) in [5.74, 6) is 0.808. The highest BCUT2D eigenvalue weighted by atomic mass is 16.5. The fourth-order valence-electron chi connectivity index (χ4n) is 2.95. The Morgan fingerprint density at radius 2 is 1.52 bits per heavy atom. The van der Waals surface area contributed by atoms with E-state index in [4.69, 9.17) is 9.47 Å². The van der Waals surface area contributed by atoms with Crippen LogP contribution in [-0.2, 0) is 6.54 Å². The summed E-state index contributed by atoms with van der Waals surface area (Å²) in [5, 5.41) is 0. The quantitative estimate of drug-likeness (QED) is 0.756. The molecule has 0 unspecified atom stereocenters. The SMILES string of the molecule is COc1ccc(CN(C)CN2C(=O)c3ccccc3C2=O)cc1OC. The van der Waals surface area contributed by atoms with Crippen LogP contribution in [0.4, 0.5) is 0 Å². The zero-order valence-electron chi connectivity index (χ0n) is 14.5. The van der Waals surface area contributed by atoms with Gasteiger partial charge in [0.05, 0.1) is 32.0 Å². The van der Waals surface area contributed by atoms with Gasteiger partial charge in [-0.25, -0.2) is 0 Å². The van der Waals surface area contributed by atoms with Gasteiger partial charge in [-0.05, 0) is 36.9 Å². The summed E-state index contributed by atoms with van der Waals surface area (Å²) in [6, 6.07) is 12.6. The van der Waals surface area contributed by atoms with Gasteiger partial charge in [0.1, 0.15) is 0 Å². The number of fused-ring (bicyclic) bond motifs is 1. The maximum absolute atomic E-state index is 12.4. The van der Waals surface area contributed by atoms with Gasteiger partial charge in [0.2, 0.25) is 0 Å². The zero-order chi connectivity index (χ0) is 18.0. The van der Waals surface area contributed by atoms with E-state index in [0.717, 1.165) is 5.56 Å². The smallest absolute Gasteiger partial charge is 0.262 e. The number of rotatable bonds is 6. The summed E-state index contributed by atoms with van der Waals surface area (Å²) in [6.45, 7) is 0.786. The lowest BCUT2D eigenvalue weighted by molar-refractivity contribution is 0.0559. The number of amides is 2. The van der Waals surface area contributed by atoms with E-state index in [1.165, 1.54) is 4.90 Å². The first-order valence-corrected chi connectivity index (χ1v) is 7.90. The molecule has 25 heavy (non-hydrogen) atoms. The highest BCUT2D eigenvalue weighted by Gasteiger charge is 2.35. The highest BCUT2D eigenvalue weighted by molar-refractivity contribution is 6.21. The maximum Gasteiger partial charge on any atom is 0.262 e. The number of ether oxygens (including phenoxy) is 2. The van der Waals surface area contributed by atoms with Crippen molar-refractivity contribution >= 4 is 11.8 Å². The average Bonchev–Trinajstić information content (AvgIpc) is 2.87. The van der Waals surface area contributed by atoms with Crippen LogP contribution in [0.2, 0.25) is 0 Å². The summed E-state index contributed by atoms with van der Waals surface area (Å²) in [4.78, 5) is 28.0. The van der Waals surface area contributed by atoms with E-state index in [0.29, 0.717) is 29.2 Å². The number of methoxy groups -OCH3 is 2. The second-order valence-corrected chi connectivity index (χ2v) is 5.93. The van der Waals surface area contributed by atoms with Crippen LogP contribution in [0.15, 0.2) is 42.5 Å². The highest BCUT2D eigenvalue weighted by Crippen LogP contribution is 2.28. The van der Waals surface area contributed by atoms with E-state index in [1.54, 1.807) is 38.5 Å². The van der Waals surface area contributed by atoms with Gasteiger partial charge in [0.25, 0.3) is 11.8 Å². The Morgan fingerprint density at radius 3 is 2.08 bits per heavy atom. The number of hydrogen-bond donors (Lipinski definition) is 0. The first kappa shape index (κ1) is 17.0.